The number of nitrogens with one attached hydrogen (secondary N) is 2. The molecule has 0 bridgehead atoms. The van der Waals surface area contributed by atoms with E-state index in [1.807, 2.05) is 0 Å². The summed E-state index contributed by atoms with van der Waals surface area (Å²) < 4.78 is 12.5. The molecule has 2 fully saturated rings. The molecule has 5 N–H and O–H groups in total. The number of hydrogen-bond acceptors (Lipinski definition) is 14. The summed E-state index contributed by atoms with van der Waals surface area (Å²) in [6.07, 6.45) is -0.743. The first-order valence-electron chi connectivity index (χ1n) is 10.7. The molecule has 210 valence electrons. The third kappa shape index (κ3) is 6.39. The summed E-state index contributed by atoms with van der Waals surface area (Å²) in [5.74, 6) is -2.29. The highest BCUT2D eigenvalue weighted by molar-refractivity contribution is 8.00. The molecular formula is C17H20N9O9PS3. The average molecular weight is 622 g/mol. The SMILES string of the molecule is Cn1nnnc1SCC1(C(=O)O)CS[C@@H]2C(NC(=O)C(=NOCP(=O)(O)O)c3csc(NC=O)n3)C(=O)N2C1. The van der Waals surface area contributed by atoms with Gasteiger partial charge in [-0.05, 0) is 10.4 Å². The summed E-state index contributed by atoms with van der Waals surface area (Å²) in [5, 5.41) is 30.7. The fourth-order valence-corrected chi connectivity index (χ4v) is 7.11. The number of carbonyl (C=O) groups is 4. The van der Waals surface area contributed by atoms with Crippen molar-refractivity contribution >= 4 is 77.5 Å². The van der Waals surface area contributed by atoms with E-state index in [0.717, 1.165) is 23.1 Å². The van der Waals surface area contributed by atoms with E-state index in [9.17, 15) is 28.8 Å². The highest BCUT2D eigenvalue weighted by Crippen LogP contribution is 2.44. The number of carboxylic acid groups (broad SMARTS) is 1. The van der Waals surface area contributed by atoms with Crippen molar-refractivity contribution in [3.05, 3.63) is 11.1 Å². The zero-order valence-electron chi connectivity index (χ0n) is 19.7. The van der Waals surface area contributed by atoms with Crippen molar-refractivity contribution in [2.45, 2.75) is 16.6 Å². The molecule has 3 amide bonds. The number of hydrogen-bond donors (Lipinski definition) is 5. The third-order valence-electron chi connectivity index (χ3n) is 5.47. The van der Waals surface area contributed by atoms with Gasteiger partial charge in [0.1, 0.15) is 22.5 Å². The molecule has 2 aromatic heterocycles. The summed E-state index contributed by atoms with van der Waals surface area (Å²) in [6.45, 7) is -0.0946. The Kier molecular flexibility index (Phi) is 8.57. The molecule has 0 spiro atoms. The number of thiazole rings is 1. The van der Waals surface area contributed by atoms with Crippen LogP contribution in [0.5, 0.6) is 0 Å². The summed E-state index contributed by atoms with van der Waals surface area (Å²) in [4.78, 5) is 76.9. The van der Waals surface area contributed by atoms with Gasteiger partial charge in [0.05, 0.1) is 0 Å². The van der Waals surface area contributed by atoms with Crippen LogP contribution in [0.2, 0.25) is 0 Å². The first-order chi connectivity index (χ1) is 18.4. The normalized spacial score (nSPS) is 23.0. The number of aromatic nitrogens is 5. The number of anilines is 1. The van der Waals surface area contributed by atoms with Gasteiger partial charge in [0.2, 0.25) is 23.8 Å². The second-order valence-electron chi connectivity index (χ2n) is 8.24. The van der Waals surface area contributed by atoms with Crippen LogP contribution < -0.4 is 10.6 Å². The van der Waals surface area contributed by atoms with Crippen molar-refractivity contribution in [3.8, 4) is 0 Å². The largest absolute Gasteiger partial charge is 0.481 e. The van der Waals surface area contributed by atoms with Crippen molar-refractivity contribution in [1.29, 1.82) is 0 Å². The topological polar surface area (TPSA) is 251 Å². The van der Waals surface area contributed by atoms with E-state index in [4.69, 9.17) is 9.79 Å². The number of tetrazole rings is 1. The Bertz CT molecular complexity index is 1360. The molecule has 18 nitrogen and oxygen atoms in total. The molecule has 0 radical (unpaired) electrons. The molecule has 0 aromatic carbocycles. The molecular weight excluding hydrogens is 601 g/mol. The molecule has 2 aliphatic heterocycles. The van der Waals surface area contributed by atoms with Crippen LogP contribution in [-0.4, -0.2) is 111 Å². The number of nitrogens with zero attached hydrogens (tertiary/aromatic N) is 7. The summed E-state index contributed by atoms with van der Waals surface area (Å²) >= 11 is 3.28. The van der Waals surface area contributed by atoms with E-state index in [-0.39, 0.29) is 28.9 Å². The average Bonchev–Trinajstić information content (AvgIpc) is 3.51. The van der Waals surface area contributed by atoms with Crippen LogP contribution >= 0.6 is 42.5 Å². The minimum Gasteiger partial charge on any atom is -0.481 e. The number of β-lactam (4-membered cyclic amide) rings is 1. The van der Waals surface area contributed by atoms with Crippen LogP contribution in [-0.2, 0) is 35.6 Å². The second-order valence-corrected chi connectivity index (χ2v) is 12.7. The number of aryl methyl sites for hydroxylation is 1. The van der Waals surface area contributed by atoms with Crippen molar-refractivity contribution in [2.24, 2.45) is 17.6 Å². The van der Waals surface area contributed by atoms with E-state index in [1.165, 1.54) is 26.7 Å². The van der Waals surface area contributed by atoms with E-state index >= 15 is 0 Å². The van der Waals surface area contributed by atoms with Crippen molar-refractivity contribution in [2.75, 3.05) is 29.7 Å². The fourth-order valence-electron chi connectivity index (χ4n) is 3.53. The van der Waals surface area contributed by atoms with Crippen LogP contribution in [0.3, 0.4) is 0 Å². The lowest BCUT2D eigenvalue weighted by molar-refractivity contribution is -0.157. The van der Waals surface area contributed by atoms with Crippen molar-refractivity contribution in [3.63, 3.8) is 0 Å². The Balaban J connectivity index is 1.45. The van der Waals surface area contributed by atoms with Crippen LogP contribution in [0.15, 0.2) is 15.7 Å². The summed E-state index contributed by atoms with van der Waals surface area (Å²) in [6, 6.07) is -1.02. The molecule has 0 aliphatic carbocycles. The van der Waals surface area contributed by atoms with Crippen molar-refractivity contribution in [1.82, 2.24) is 35.4 Å². The first-order valence-corrected chi connectivity index (χ1v) is 15.4. The molecule has 0 saturated carbocycles. The molecule has 4 rings (SSSR count). The zero-order valence-corrected chi connectivity index (χ0v) is 23.1. The molecule has 22 heteroatoms. The van der Waals surface area contributed by atoms with Crippen LogP contribution in [0.25, 0.3) is 0 Å². The second kappa shape index (κ2) is 11.6. The highest BCUT2D eigenvalue weighted by atomic mass is 32.2. The minimum absolute atomic E-state index is 0.0762. The van der Waals surface area contributed by atoms with Gasteiger partial charge in [-0.25, -0.2) is 9.67 Å². The Morgan fingerprint density at radius 2 is 2.21 bits per heavy atom. The van der Waals surface area contributed by atoms with E-state index in [0.29, 0.717) is 11.6 Å². The Labute approximate surface area is 231 Å². The van der Waals surface area contributed by atoms with Gasteiger partial charge in [0.15, 0.2) is 10.8 Å². The smallest absolute Gasteiger partial charge is 0.365 e. The van der Waals surface area contributed by atoms with Gasteiger partial charge in [-0.2, -0.15) is 0 Å². The van der Waals surface area contributed by atoms with Gasteiger partial charge < -0.3 is 35.3 Å². The standard InChI is InChI=1S/C17H20N9O9PS3/c1-25-16(21-23-24-25)39-5-17(14(30)31)3-26-12(29)10(13(26)38-4-17)20-11(28)9(22-35-7-36(32,33)34)8-2-37-15(19-8)18-6-27/h2,6,10,13H,3-5,7H2,1H3,(H,20,28)(H,30,31)(H,18,19,27)(H2,32,33,34)/t10?,13-,17?/m1/s1. The first kappa shape index (κ1) is 28.9. The monoisotopic (exact) mass is 621 g/mol. The molecule has 4 heterocycles. The zero-order chi connectivity index (χ0) is 28.4. The van der Waals surface area contributed by atoms with E-state index in [2.05, 4.69) is 41.1 Å². The predicted octanol–water partition coefficient (Wildman–Crippen LogP) is -1.65. The number of carbonyl (C=O) groups excluding carboxylic acids is 3. The maximum absolute atomic E-state index is 13.1. The quantitative estimate of drug-likeness (QED) is 0.0445. The molecule has 2 aromatic rings. The number of aliphatic carboxylic acids is 1. The number of carboxylic acids is 1. The Morgan fingerprint density at radius 1 is 1.44 bits per heavy atom. The van der Waals surface area contributed by atoms with Gasteiger partial charge in [-0.1, -0.05) is 16.9 Å². The maximum Gasteiger partial charge on any atom is 0.365 e. The Hall–Kier alpha value is -3.10. The number of fused-ring (bicyclic) bond motifs is 1. The molecule has 2 aliphatic rings. The minimum atomic E-state index is -4.61. The summed E-state index contributed by atoms with van der Waals surface area (Å²) in [7, 11) is -2.99. The lowest BCUT2D eigenvalue weighted by atomic mass is 9.89. The predicted molar refractivity (Wildman–Crippen MR) is 136 cm³/mol. The summed E-state index contributed by atoms with van der Waals surface area (Å²) in [5.41, 5.74) is -1.85. The van der Waals surface area contributed by atoms with Gasteiger partial charge in [0.25, 0.3) is 5.91 Å². The molecule has 3 atom stereocenters. The third-order valence-corrected chi connectivity index (χ3v) is 9.58. The highest BCUT2D eigenvalue weighted by Gasteiger charge is 2.57. The maximum atomic E-state index is 13.1. The van der Waals surface area contributed by atoms with Gasteiger partial charge >= 0.3 is 13.6 Å². The van der Waals surface area contributed by atoms with E-state index < -0.39 is 54.3 Å². The van der Waals surface area contributed by atoms with Crippen LogP contribution in [0, 0.1) is 5.41 Å². The molecule has 2 saturated heterocycles. The van der Waals surface area contributed by atoms with E-state index in [1.54, 1.807) is 7.05 Å². The lowest BCUT2D eigenvalue weighted by Crippen LogP contribution is -2.74. The fraction of sp³-hybridized carbons (Fsp3) is 0.471. The van der Waals surface area contributed by atoms with Crippen LogP contribution in [0.4, 0.5) is 5.13 Å². The molecule has 39 heavy (non-hydrogen) atoms. The number of amides is 3. The van der Waals surface area contributed by atoms with Crippen molar-refractivity contribution < 1.29 is 43.5 Å². The number of thioether (sulfide) groups is 2. The number of rotatable bonds is 12. The lowest BCUT2D eigenvalue weighted by Gasteiger charge is -2.53. The number of oxime groups is 1. The Morgan fingerprint density at radius 3 is 2.85 bits per heavy atom. The van der Waals surface area contributed by atoms with Crippen LogP contribution in [0.1, 0.15) is 5.69 Å². The van der Waals surface area contributed by atoms with Gasteiger partial charge in [0, 0.05) is 30.5 Å². The van der Waals surface area contributed by atoms with Gasteiger partial charge in [-0.3, -0.25) is 23.7 Å². The van der Waals surface area contributed by atoms with Gasteiger partial charge in [-0.15, -0.1) is 28.2 Å². The molecule has 2 unspecified atom stereocenters.